The van der Waals surface area contributed by atoms with Gasteiger partial charge in [0.15, 0.2) is 0 Å². The molecule has 1 saturated heterocycles. The van der Waals surface area contributed by atoms with Gasteiger partial charge in [-0.1, -0.05) is 19.9 Å². The number of fused-ring (bicyclic) bond motifs is 1. The van der Waals surface area contributed by atoms with E-state index in [0.29, 0.717) is 6.54 Å². The second kappa shape index (κ2) is 10.1. The second-order valence-corrected chi connectivity index (χ2v) is 9.33. The van der Waals surface area contributed by atoms with Crippen LogP contribution < -0.4 is 16.0 Å². The monoisotopic (exact) mass is 477 g/mol. The largest absolute Gasteiger partial charge is 0.364 e. The summed E-state index contributed by atoms with van der Waals surface area (Å²) in [6, 6.07) is 9.86. The molecule has 0 amide bonds. The van der Waals surface area contributed by atoms with Crippen LogP contribution in [0.4, 0.5) is 5.69 Å². The van der Waals surface area contributed by atoms with Crippen LogP contribution in [0.25, 0.3) is 11.0 Å². The van der Waals surface area contributed by atoms with E-state index < -0.39 is 0 Å². The summed E-state index contributed by atoms with van der Waals surface area (Å²) in [6.45, 7) is 10.9. The van der Waals surface area contributed by atoms with E-state index in [1.54, 1.807) is 34.6 Å². The standard InChI is InChI=1S/C26H35N7O2/c1-6-19-16-33(22-14-25(35)29(5)23-17-30(13-12-27)28-26(22)23)20(7-2)15-32(19)18(4)21-10-9-11-24(34)31(21)8-3/h9-11,14,17-20H,6-8,13,15-16H2,1-5H3/t18?,19-,20+/m1/s1. The van der Waals surface area contributed by atoms with Crippen molar-refractivity contribution in [1.29, 1.82) is 5.26 Å². The van der Waals surface area contributed by atoms with E-state index in [-0.39, 0.29) is 35.8 Å². The predicted octanol–water partition coefficient (Wildman–Crippen LogP) is 2.88. The van der Waals surface area contributed by atoms with Crippen LogP contribution in [0.3, 0.4) is 0 Å². The molecule has 1 aliphatic rings. The minimum Gasteiger partial charge on any atom is -0.364 e. The fraction of sp³-hybridized carbons (Fsp3) is 0.538. The maximum absolute atomic E-state index is 12.9. The van der Waals surface area contributed by atoms with Gasteiger partial charge in [-0.2, -0.15) is 10.4 Å². The van der Waals surface area contributed by atoms with Crippen molar-refractivity contribution >= 4 is 16.7 Å². The number of aromatic nitrogens is 4. The van der Waals surface area contributed by atoms with Crippen LogP contribution in [-0.2, 0) is 20.1 Å². The van der Waals surface area contributed by atoms with Gasteiger partial charge in [0, 0.05) is 62.6 Å². The normalized spacial score (nSPS) is 19.7. The number of nitrogens with zero attached hydrogens (tertiary/aromatic N) is 7. The quantitative estimate of drug-likeness (QED) is 0.520. The Morgan fingerprint density at radius 3 is 2.51 bits per heavy atom. The predicted molar refractivity (Wildman–Crippen MR) is 138 cm³/mol. The Labute approximate surface area is 205 Å². The van der Waals surface area contributed by atoms with Crippen molar-refractivity contribution in [3.05, 3.63) is 56.9 Å². The van der Waals surface area contributed by atoms with Crippen molar-refractivity contribution in [2.45, 2.75) is 71.8 Å². The summed E-state index contributed by atoms with van der Waals surface area (Å²) < 4.78 is 5.05. The van der Waals surface area contributed by atoms with Gasteiger partial charge in [-0.05, 0) is 32.8 Å². The fourth-order valence-corrected chi connectivity index (χ4v) is 5.48. The van der Waals surface area contributed by atoms with E-state index in [4.69, 9.17) is 5.26 Å². The fourth-order valence-electron chi connectivity index (χ4n) is 5.48. The first-order valence-electron chi connectivity index (χ1n) is 12.5. The SMILES string of the molecule is CC[C@H]1CN(C(C)c2cccc(=O)n2CC)[C@H](CC)CN1c1cc(=O)n(C)c2cn(CC#N)nc12. The van der Waals surface area contributed by atoms with Crippen LogP contribution in [-0.4, -0.2) is 49.0 Å². The molecule has 35 heavy (non-hydrogen) atoms. The van der Waals surface area contributed by atoms with E-state index >= 15 is 0 Å². The Bertz CT molecular complexity index is 1360. The van der Waals surface area contributed by atoms with Crippen molar-refractivity contribution in [2.75, 3.05) is 18.0 Å². The first kappa shape index (κ1) is 24.7. The molecular formula is C26H35N7O2. The third-order valence-electron chi connectivity index (χ3n) is 7.49. The van der Waals surface area contributed by atoms with Crippen LogP contribution in [0.15, 0.2) is 40.1 Å². The molecule has 0 spiro atoms. The molecule has 0 radical (unpaired) electrons. The van der Waals surface area contributed by atoms with Gasteiger partial charge in [-0.15, -0.1) is 0 Å². The molecule has 0 N–H and O–H groups in total. The van der Waals surface area contributed by atoms with Gasteiger partial charge in [0.1, 0.15) is 12.1 Å². The van der Waals surface area contributed by atoms with Crippen molar-refractivity contribution < 1.29 is 0 Å². The highest BCUT2D eigenvalue weighted by molar-refractivity contribution is 5.88. The lowest BCUT2D eigenvalue weighted by Crippen LogP contribution is -2.59. The highest BCUT2D eigenvalue weighted by Gasteiger charge is 2.37. The highest BCUT2D eigenvalue weighted by Crippen LogP contribution is 2.34. The molecule has 4 rings (SSSR count). The Morgan fingerprint density at radius 1 is 1.11 bits per heavy atom. The molecule has 1 fully saturated rings. The number of rotatable bonds is 7. The van der Waals surface area contributed by atoms with E-state index in [1.807, 2.05) is 17.6 Å². The average Bonchev–Trinajstić information content (AvgIpc) is 3.29. The van der Waals surface area contributed by atoms with Crippen molar-refractivity contribution in [1.82, 2.24) is 23.8 Å². The highest BCUT2D eigenvalue weighted by atomic mass is 16.1. The van der Waals surface area contributed by atoms with Crippen LogP contribution in [0.2, 0.25) is 0 Å². The molecule has 3 aromatic rings. The molecule has 186 valence electrons. The molecule has 1 aliphatic heterocycles. The van der Waals surface area contributed by atoms with Gasteiger partial charge in [0.05, 0.1) is 23.5 Å². The summed E-state index contributed by atoms with van der Waals surface area (Å²) in [4.78, 5) is 30.2. The number of hydrogen-bond donors (Lipinski definition) is 0. The van der Waals surface area contributed by atoms with Crippen LogP contribution in [0.1, 0.15) is 52.3 Å². The van der Waals surface area contributed by atoms with Gasteiger partial charge in [0.25, 0.3) is 11.1 Å². The Balaban J connectivity index is 1.75. The maximum atomic E-state index is 12.9. The minimum atomic E-state index is -0.0843. The third kappa shape index (κ3) is 4.39. The van der Waals surface area contributed by atoms with Crippen molar-refractivity contribution in [2.24, 2.45) is 7.05 Å². The third-order valence-corrected chi connectivity index (χ3v) is 7.49. The summed E-state index contributed by atoms with van der Waals surface area (Å²) in [5.74, 6) is 0. The van der Waals surface area contributed by atoms with Gasteiger partial charge < -0.3 is 14.0 Å². The topological polar surface area (TPSA) is 92.1 Å². The molecule has 0 saturated carbocycles. The average molecular weight is 478 g/mol. The Morgan fingerprint density at radius 2 is 1.86 bits per heavy atom. The number of piperazine rings is 1. The molecule has 4 heterocycles. The van der Waals surface area contributed by atoms with Gasteiger partial charge in [-0.25, -0.2) is 0 Å². The van der Waals surface area contributed by atoms with Gasteiger partial charge >= 0.3 is 0 Å². The maximum Gasteiger partial charge on any atom is 0.252 e. The Kier molecular flexibility index (Phi) is 7.13. The molecule has 1 unspecified atom stereocenters. The number of hydrogen-bond acceptors (Lipinski definition) is 6. The zero-order valence-corrected chi connectivity index (χ0v) is 21.3. The number of aryl methyl sites for hydroxylation is 1. The zero-order chi connectivity index (χ0) is 25.3. The molecule has 0 aliphatic carbocycles. The van der Waals surface area contributed by atoms with Crippen LogP contribution >= 0.6 is 0 Å². The van der Waals surface area contributed by atoms with E-state index in [1.165, 1.54) is 0 Å². The van der Waals surface area contributed by atoms with E-state index in [2.05, 4.69) is 47.8 Å². The lowest BCUT2D eigenvalue weighted by atomic mass is 9.98. The molecule has 0 bridgehead atoms. The van der Waals surface area contributed by atoms with Crippen LogP contribution in [0, 0.1) is 11.3 Å². The summed E-state index contributed by atoms with van der Waals surface area (Å²) in [5.41, 5.74) is 3.30. The van der Waals surface area contributed by atoms with Crippen molar-refractivity contribution in [3.63, 3.8) is 0 Å². The number of anilines is 1. The first-order valence-corrected chi connectivity index (χ1v) is 12.5. The van der Waals surface area contributed by atoms with Gasteiger partial charge in [-0.3, -0.25) is 19.2 Å². The zero-order valence-electron chi connectivity index (χ0n) is 21.3. The lowest BCUT2D eigenvalue weighted by Gasteiger charge is -2.49. The number of nitriles is 1. The van der Waals surface area contributed by atoms with Crippen molar-refractivity contribution in [3.8, 4) is 6.07 Å². The van der Waals surface area contributed by atoms with E-state index in [0.717, 1.165) is 48.3 Å². The van der Waals surface area contributed by atoms with Gasteiger partial charge in [0.2, 0.25) is 0 Å². The molecule has 0 aromatic carbocycles. The lowest BCUT2D eigenvalue weighted by molar-refractivity contribution is 0.0968. The number of pyridine rings is 2. The molecule has 3 atom stereocenters. The second-order valence-electron chi connectivity index (χ2n) is 9.33. The summed E-state index contributed by atoms with van der Waals surface area (Å²) >= 11 is 0. The molecule has 9 nitrogen and oxygen atoms in total. The summed E-state index contributed by atoms with van der Waals surface area (Å²) in [5, 5.41) is 13.8. The minimum absolute atomic E-state index is 0.0334. The van der Waals surface area contributed by atoms with Crippen LogP contribution in [0.5, 0.6) is 0 Å². The smallest absolute Gasteiger partial charge is 0.252 e. The van der Waals surface area contributed by atoms with E-state index in [9.17, 15) is 9.59 Å². The molecule has 9 heteroatoms. The summed E-state index contributed by atoms with van der Waals surface area (Å²) in [6.07, 6.45) is 3.63. The molecular weight excluding hydrogens is 442 g/mol. The Hall–Kier alpha value is -3.38. The first-order chi connectivity index (χ1) is 16.8. The summed E-state index contributed by atoms with van der Waals surface area (Å²) in [7, 11) is 1.74. The molecule has 3 aromatic heterocycles.